The number of rotatable bonds is 5. The van der Waals surface area contributed by atoms with Crippen molar-refractivity contribution in [2.24, 2.45) is 0 Å². The van der Waals surface area contributed by atoms with Crippen LogP contribution in [0, 0.1) is 0 Å². The highest BCUT2D eigenvalue weighted by Gasteiger charge is 2.41. The molecule has 0 saturated carbocycles. The molecule has 0 aliphatic rings. The molecular weight excluding hydrogens is 320 g/mol. The third-order valence-electron chi connectivity index (χ3n) is 4.49. The summed E-state index contributed by atoms with van der Waals surface area (Å²) < 4.78 is 13.5. The van der Waals surface area contributed by atoms with Gasteiger partial charge in [-0.05, 0) is 44.4 Å². The molecule has 0 spiro atoms. The predicted molar refractivity (Wildman–Crippen MR) is 99.5 cm³/mol. The molecule has 1 aromatic carbocycles. The summed E-state index contributed by atoms with van der Waals surface area (Å²) in [5.41, 5.74) is 1.00. The monoisotopic (exact) mass is 348 g/mol. The van der Waals surface area contributed by atoms with Crippen LogP contribution in [0.2, 0.25) is 18.1 Å². The fourth-order valence-corrected chi connectivity index (χ4v) is 3.06. The van der Waals surface area contributed by atoms with Gasteiger partial charge in [0, 0.05) is 6.54 Å². The Morgan fingerprint density at radius 1 is 1.17 bits per heavy atom. The van der Waals surface area contributed by atoms with Gasteiger partial charge in [-0.25, -0.2) is 4.79 Å². The molecule has 0 atom stereocenters. The topological polar surface area (TPSA) is 47.6 Å². The molecule has 0 aliphatic carbocycles. The van der Waals surface area contributed by atoms with Gasteiger partial charge in [-0.1, -0.05) is 39.0 Å². The molecule has 0 N–H and O–H groups in total. The summed E-state index contributed by atoms with van der Waals surface area (Å²) in [5, 5.41) is 0.0250. The zero-order valence-corrected chi connectivity index (χ0v) is 16.7. The largest absolute Gasteiger partial charge is 0.529 e. The van der Waals surface area contributed by atoms with Crippen molar-refractivity contribution in [1.82, 2.24) is 9.64 Å². The minimum Gasteiger partial charge on any atom is -0.529 e. The lowest BCUT2D eigenvalue weighted by Crippen LogP contribution is -2.44. The van der Waals surface area contributed by atoms with Crippen LogP contribution in [0.4, 0.5) is 0 Å². The minimum atomic E-state index is -2.12. The van der Waals surface area contributed by atoms with E-state index in [1.165, 1.54) is 4.74 Å². The molecule has 24 heavy (non-hydrogen) atoms. The SMILES string of the molecule is CN(C)Cc1c(O[Si](C)(C)C(C)(C)C)n(-c2ccccc2)oc1=O. The summed E-state index contributed by atoms with van der Waals surface area (Å²) in [7, 11) is 1.73. The van der Waals surface area contributed by atoms with Gasteiger partial charge in [0.05, 0.1) is 5.69 Å². The van der Waals surface area contributed by atoms with Crippen LogP contribution >= 0.6 is 0 Å². The second kappa shape index (κ2) is 6.61. The molecule has 2 rings (SSSR count). The van der Waals surface area contributed by atoms with Gasteiger partial charge < -0.3 is 13.8 Å². The van der Waals surface area contributed by atoms with E-state index in [0.717, 1.165) is 5.69 Å². The lowest BCUT2D eigenvalue weighted by Gasteiger charge is -2.36. The van der Waals surface area contributed by atoms with Gasteiger partial charge in [0.15, 0.2) is 0 Å². The molecule has 2 aromatic rings. The quantitative estimate of drug-likeness (QED) is 0.770. The van der Waals surface area contributed by atoms with Crippen molar-refractivity contribution in [3.05, 3.63) is 46.3 Å². The fourth-order valence-electron chi connectivity index (χ4n) is 2.07. The van der Waals surface area contributed by atoms with Crippen molar-refractivity contribution in [2.45, 2.75) is 45.4 Å². The highest BCUT2D eigenvalue weighted by Crippen LogP contribution is 2.38. The second-order valence-corrected chi connectivity index (χ2v) is 12.6. The van der Waals surface area contributed by atoms with Crippen molar-refractivity contribution in [3.8, 4) is 11.6 Å². The standard InChI is InChI=1S/C18H28N2O3Si/c1-18(2,3)24(6,7)23-16-15(13-19(4)5)17(21)22-20(16)14-11-9-8-10-12-14/h8-12H,13H2,1-7H3. The predicted octanol–water partition coefficient (Wildman–Crippen LogP) is 3.88. The molecular formula is C18H28N2O3Si. The smallest absolute Gasteiger partial charge is 0.366 e. The number of hydrogen-bond donors (Lipinski definition) is 0. The summed E-state index contributed by atoms with van der Waals surface area (Å²) in [6.07, 6.45) is 0. The van der Waals surface area contributed by atoms with Gasteiger partial charge in [0.1, 0.15) is 5.56 Å². The highest BCUT2D eigenvalue weighted by molar-refractivity contribution is 6.74. The van der Waals surface area contributed by atoms with E-state index < -0.39 is 8.32 Å². The number of aromatic nitrogens is 1. The molecule has 0 saturated heterocycles. The molecule has 132 valence electrons. The lowest BCUT2D eigenvalue weighted by atomic mass is 10.2. The van der Waals surface area contributed by atoms with E-state index in [4.69, 9.17) is 8.95 Å². The number of nitrogens with zero attached hydrogens (tertiary/aromatic N) is 2. The summed E-state index contributed by atoms with van der Waals surface area (Å²) in [6, 6.07) is 9.57. The third kappa shape index (κ3) is 3.81. The Morgan fingerprint density at radius 2 is 1.75 bits per heavy atom. The number of benzene rings is 1. The Bertz CT molecular complexity index is 740. The van der Waals surface area contributed by atoms with Crippen molar-refractivity contribution >= 4 is 8.32 Å². The maximum Gasteiger partial charge on any atom is 0.366 e. The van der Waals surface area contributed by atoms with Gasteiger partial charge in [0.2, 0.25) is 5.88 Å². The van der Waals surface area contributed by atoms with Crippen LogP contribution in [-0.4, -0.2) is 32.1 Å². The molecule has 1 heterocycles. The van der Waals surface area contributed by atoms with Crippen molar-refractivity contribution in [2.75, 3.05) is 14.1 Å². The first kappa shape index (κ1) is 18.5. The first-order valence-electron chi connectivity index (χ1n) is 8.17. The molecule has 0 aliphatic heterocycles. The van der Waals surface area contributed by atoms with Gasteiger partial charge in [0.25, 0.3) is 8.32 Å². The average Bonchev–Trinajstić information content (AvgIpc) is 2.75. The van der Waals surface area contributed by atoms with Crippen molar-refractivity contribution < 1.29 is 8.95 Å². The summed E-state index contributed by atoms with van der Waals surface area (Å²) >= 11 is 0. The van der Waals surface area contributed by atoms with Crippen LogP contribution < -0.4 is 10.1 Å². The van der Waals surface area contributed by atoms with Crippen molar-refractivity contribution in [3.63, 3.8) is 0 Å². The minimum absolute atomic E-state index is 0.0250. The molecule has 1 aromatic heterocycles. The first-order chi connectivity index (χ1) is 11.0. The third-order valence-corrected chi connectivity index (χ3v) is 8.80. The molecule has 5 nitrogen and oxygen atoms in total. The average molecular weight is 349 g/mol. The fraction of sp³-hybridized carbons (Fsp3) is 0.500. The molecule has 6 heteroatoms. The Balaban J connectivity index is 2.60. The van der Waals surface area contributed by atoms with Crippen LogP contribution in [0.1, 0.15) is 26.3 Å². The van der Waals surface area contributed by atoms with Crippen LogP contribution in [-0.2, 0) is 6.54 Å². The zero-order chi connectivity index (χ0) is 18.1. The van der Waals surface area contributed by atoms with Gasteiger partial charge >= 0.3 is 5.63 Å². The number of para-hydroxylation sites is 1. The van der Waals surface area contributed by atoms with Gasteiger partial charge in [-0.2, -0.15) is 0 Å². The van der Waals surface area contributed by atoms with E-state index in [9.17, 15) is 4.79 Å². The van der Waals surface area contributed by atoms with Gasteiger partial charge in [-0.3, -0.25) is 0 Å². The van der Waals surface area contributed by atoms with E-state index >= 15 is 0 Å². The molecule has 0 amide bonds. The van der Waals surface area contributed by atoms with Crippen LogP contribution in [0.25, 0.3) is 5.69 Å². The van der Waals surface area contributed by atoms with Crippen molar-refractivity contribution in [1.29, 1.82) is 0 Å². The molecule has 0 bridgehead atoms. The van der Waals surface area contributed by atoms with E-state index in [1.807, 2.05) is 49.3 Å². The number of hydrogen-bond acceptors (Lipinski definition) is 4. The summed E-state index contributed by atoms with van der Waals surface area (Å²) in [5.74, 6) is 0.534. The second-order valence-electron chi connectivity index (χ2n) is 7.89. The molecule has 0 fully saturated rings. The normalized spacial score (nSPS) is 12.7. The van der Waals surface area contributed by atoms with E-state index in [0.29, 0.717) is 18.0 Å². The Labute approximate surface area is 144 Å². The van der Waals surface area contributed by atoms with Crippen LogP contribution in [0.15, 0.2) is 39.6 Å². The Kier molecular flexibility index (Phi) is 5.10. The van der Waals surface area contributed by atoms with E-state index in [1.54, 1.807) is 0 Å². The first-order valence-corrected chi connectivity index (χ1v) is 11.1. The van der Waals surface area contributed by atoms with E-state index in [-0.39, 0.29) is 10.7 Å². The van der Waals surface area contributed by atoms with E-state index in [2.05, 4.69) is 33.9 Å². The zero-order valence-electron chi connectivity index (χ0n) is 15.7. The maximum atomic E-state index is 12.4. The Hall–Kier alpha value is -1.79. The van der Waals surface area contributed by atoms with Crippen LogP contribution in [0.3, 0.4) is 0 Å². The molecule has 0 unspecified atom stereocenters. The Morgan fingerprint density at radius 3 is 2.25 bits per heavy atom. The highest BCUT2D eigenvalue weighted by atomic mass is 28.4. The maximum absolute atomic E-state index is 12.4. The van der Waals surface area contributed by atoms with Gasteiger partial charge in [-0.15, -0.1) is 4.74 Å². The summed E-state index contributed by atoms with van der Waals surface area (Å²) in [4.78, 5) is 14.4. The summed E-state index contributed by atoms with van der Waals surface area (Å²) in [6.45, 7) is 11.3. The van der Waals surface area contributed by atoms with Crippen LogP contribution in [0.5, 0.6) is 5.88 Å². The molecule has 0 radical (unpaired) electrons. The lowest BCUT2D eigenvalue weighted by molar-refractivity contribution is 0.294.